The number of nitrogens with zero attached hydrogens (tertiary/aromatic N) is 2. The van der Waals surface area contributed by atoms with Crippen molar-refractivity contribution in [3.63, 3.8) is 0 Å². The minimum Gasteiger partial charge on any atom is -0.497 e. The first-order chi connectivity index (χ1) is 15.2. The first kappa shape index (κ1) is 24.3. The average molecular weight is 539 g/mol. The number of carbonyl (C=O) groups excluding carboxylic acids is 1. The molecule has 2 unspecified atom stereocenters. The summed E-state index contributed by atoms with van der Waals surface area (Å²) in [6.45, 7) is 3.71. The zero-order valence-corrected chi connectivity index (χ0v) is 20.9. The average Bonchev–Trinajstić information content (AvgIpc) is 3.25. The van der Waals surface area contributed by atoms with Gasteiger partial charge in [-0.15, -0.1) is 10.2 Å². The number of amides is 1. The fourth-order valence-corrected chi connectivity index (χ4v) is 5.14. The summed E-state index contributed by atoms with van der Waals surface area (Å²) >= 11 is 4.49. The van der Waals surface area contributed by atoms with Crippen molar-refractivity contribution in [2.24, 2.45) is 5.92 Å². The quantitative estimate of drug-likeness (QED) is 0.420. The molecular formula is C21H23BrN4O4S2. The van der Waals surface area contributed by atoms with E-state index in [1.165, 1.54) is 23.5 Å². The smallest absolute Gasteiger partial charge is 0.244 e. The Kier molecular flexibility index (Phi) is 7.99. The van der Waals surface area contributed by atoms with Crippen molar-refractivity contribution in [3.05, 3.63) is 53.0 Å². The topological polar surface area (TPSA) is 110 Å². The number of ether oxygens (including phenoxy) is 1. The first-order valence-electron chi connectivity index (χ1n) is 9.80. The maximum atomic E-state index is 13.0. The molecule has 0 aliphatic carbocycles. The molecule has 32 heavy (non-hydrogen) atoms. The molecule has 8 nitrogen and oxygen atoms in total. The van der Waals surface area contributed by atoms with Crippen LogP contribution in [-0.4, -0.2) is 37.7 Å². The standard InChI is InChI=1S/C21H23BrN4O4S2/c1-4-13(2)18(26-32(28,29)17-11-7-15(22)8-12-17)19(27)23-21-25-24-20(31-21)14-5-9-16(30-3)10-6-14/h5-13,18,26H,4H2,1-3H3,(H,23,25,27). The fraction of sp³-hybridized carbons (Fsp3) is 0.286. The first-order valence-corrected chi connectivity index (χ1v) is 12.9. The zero-order valence-electron chi connectivity index (χ0n) is 17.7. The number of anilines is 1. The van der Waals surface area contributed by atoms with Crippen molar-refractivity contribution in [2.45, 2.75) is 31.2 Å². The second-order valence-electron chi connectivity index (χ2n) is 7.07. The number of benzene rings is 2. The Morgan fingerprint density at radius 2 is 1.78 bits per heavy atom. The van der Waals surface area contributed by atoms with Crippen LogP contribution in [0.15, 0.2) is 57.9 Å². The number of methoxy groups -OCH3 is 1. The predicted octanol–water partition coefficient (Wildman–Crippen LogP) is 4.31. The van der Waals surface area contributed by atoms with Gasteiger partial charge < -0.3 is 4.74 Å². The van der Waals surface area contributed by atoms with Gasteiger partial charge >= 0.3 is 0 Å². The van der Waals surface area contributed by atoms with Gasteiger partial charge in [0.2, 0.25) is 21.1 Å². The van der Waals surface area contributed by atoms with Crippen LogP contribution in [0.3, 0.4) is 0 Å². The number of halogens is 1. The van der Waals surface area contributed by atoms with Crippen molar-refractivity contribution < 1.29 is 17.9 Å². The summed E-state index contributed by atoms with van der Waals surface area (Å²) in [6.07, 6.45) is 0.605. The highest BCUT2D eigenvalue weighted by Crippen LogP contribution is 2.28. The number of sulfonamides is 1. The molecule has 0 spiro atoms. The van der Waals surface area contributed by atoms with E-state index in [-0.39, 0.29) is 15.9 Å². The summed E-state index contributed by atoms with van der Waals surface area (Å²) in [5.74, 6) is -0.00656. The number of aromatic nitrogens is 2. The van der Waals surface area contributed by atoms with Crippen LogP contribution in [-0.2, 0) is 14.8 Å². The lowest BCUT2D eigenvalue weighted by atomic mass is 9.99. The monoisotopic (exact) mass is 538 g/mol. The molecule has 1 aromatic heterocycles. The third kappa shape index (κ3) is 5.91. The Morgan fingerprint density at radius 1 is 1.12 bits per heavy atom. The van der Waals surface area contributed by atoms with Crippen LogP contribution in [0, 0.1) is 5.92 Å². The van der Waals surface area contributed by atoms with Gasteiger partial charge in [-0.3, -0.25) is 10.1 Å². The lowest BCUT2D eigenvalue weighted by Crippen LogP contribution is -2.47. The minimum absolute atomic E-state index is 0.0829. The molecule has 0 radical (unpaired) electrons. The summed E-state index contributed by atoms with van der Waals surface area (Å²) in [5.41, 5.74) is 0.832. The SMILES string of the molecule is CCC(C)C(NS(=O)(=O)c1ccc(Br)cc1)C(=O)Nc1nnc(-c2ccc(OC)cc2)s1. The molecule has 2 N–H and O–H groups in total. The van der Waals surface area contributed by atoms with E-state index in [4.69, 9.17) is 4.74 Å². The van der Waals surface area contributed by atoms with E-state index in [2.05, 4.69) is 36.2 Å². The highest BCUT2D eigenvalue weighted by molar-refractivity contribution is 9.10. The van der Waals surface area contributed by atoms with Crippen molar-refractivity contribution in [1.82, 2.24) is 14.9 Å². The number of hydrogen-bond donors (Lipinski definition) is 2. The normalized spacial score (nSPS) is 13.4. The van der Waals surface area contributed by atoms with Gasteiger partial charge in [-0.1, -0.05) is 47.5 Å². The summed E-state index contributed by atoms with van der Waals surface area (Å²) in [4.78, 5) is 13.1. The van der Waals surface area contributed by atoms with E-state index < -0.39 is 22.0 Å². The van der Waals surface area contributed by atoms with Gasteiger partial charge in [0.05, 0.1) is 12.0 Å². The van der Waals surface area contributed by atoms with E-state index in [1.807, 2.05) is 38.1 Å². The van der Waals surface area contributed by atoms with E-state index in [1.54, 1.807) is 19.2 Å². The van der Waals surface area contributed by atoms with E-state index in [0.717, 1.165) is 15.8 Å². The summed E-state index contributed by atoms with van der Waals surface area (Å²) in [5, 5.41) is 11.8. The van der Waals surface area contributed by atoms with Crippen LogP contribution in [0.5, 0.6) is 5.75 Å². The highest BCUT2D eigenvalue weighted by atomic mass is 79.9. The number of carbonyl (C=O) groups is 1. The van der Waals surface area contributed by atoms with Crippen molar-refractivity contribution in [3.8, 4) is 16.3 Å². The molecule has 0 saturated carbocycles. The molecule has 1 heterocycles. The molecule has 3 rings (SSSR count). The van der Waals surface area contributed by atoms with Crippen LogP contribution >= 0.6 is 27.3 Å². The van der Waals surface area contributed by atoms with E-state index >= 15 is 0 Å². The lowest BCUT2D eigenvalue weighted by molar-refractivity contribution is -0.118. The number of hydrogen-bond acceptors (Lipinski definition) is 7. The van der Waals surface area contributed by atoms with Gasteiger partial charge in [0.25, 0.3) is 0 Å². The molecule has 0 fully saturated rings. The van der Waals surface area contributed by atoms with Crippen LogP contribution in [0.4, 0.5) is 5.13 Å². The Bertz CT molecular complexity index is 1170. The summed E-state index contributed by atoms with van der Waals surface area (Å²) < 4.78 is 34.1. The van der Waals surface area contributed by atoms with Gasteiger partial charge in [0, 0.05) is 10.0 Å². The number of rotatable bonds is 9. The lowest BCUT2D eigenvalue weighted by Gasteiger charge is -2.22. The highest BCUT2D eigenvalue weighted by Gasteiger charge is 2.30. The number of nitrogens with one attached hydrogen (secondary N) is 2. The van der Waals surface area contributed by atoms with Crippen molar-refractivity contribution >= 4 is 48.3 Å². The maximum Gasteiger partial charge on any atom is 0.244 e. The Balaban J connectivity index is 1.76. The predicted molar refractivity (Wildman–Crippen MR) is 128 cm³/mol. The van der Waals surface area contributed by atoms with E-state index in [0.29, 0.717) is 11.4 Å². The molecule has 0 aliphatic heterocycles. The van der Waals surface area contributed by atoms with Gasteiger partial charge in [-0.05, 0) is 54.4 Å². The van der Waals surface area contributed by atoms with Crippen LogP contribution < -0.4 is 14.8 Å². The molecule has 0 bridgehead atoms. The maximum absolute atomic E-state index is 13.0. The summed E-state index contributed by atoms with van der Waals surface area (Å²) in [7, 11) is -2.30. The molecular weight excluding hydrogens is 516 g/mol. The van der Waals surface area contributed by atoms with Crippen LogP contribution in [0.25, 0.3) is 10.6 Å². The molecule has 2 aromatic carbocycles. The summed E-state index contributed by atoms with van der Waals surface area (Å²) in [6, 6.07) is 12.6. The molecule has 170 valence electrons. The Morgan fingerprint density at radius 3 is 2.38 bits per heavy atom. The van der Waals surface area contributed by atoms with Gasteiger partial charge in [-0.2, -0.15) is 4.72 Å². The Labute approximate surface area is 199 Å². The van der Waals surface area contributed by atoms with Crippen LogP contribution in [0.2, 0.25) is 0 Å². The molecule has 11 heteroatoms. The largest absolute Gasteiger partial charge is 0.497 e. The third-order valence-corrected chi connectivity index (χ3v) is 7.77. The third-order valence-electron chi connectivity index (χ3n) is 4.89. The fourth-order valence-electron chi connectivity index (χ4n) is 2.82. The second-order valence-corrected chi connectivity index (χ2v) is 10.7. The zero-order chi connectivity index (χ0) is 23.3. The Hall–Kier alpha value is -2.34. The minimum atomic E-state index is -3.89. The van der Waals surface area contributed by atoms with Gasteiger partial charge in [-0.25, -0.2) is 8.42 Å². The molecule has 0 saturated heterocycles. The molecule has 0 aliphatic rings. The molecule has 2 atom stereocenters. The second kappa shape index (κ2) is 10.5. The molecule has 1 amide bonds. The van der Waals surface area contributed by atoms with Gasteiger partial charge in [0.1, 0.15) is 16.8 Å². The van der Waals surface area contributed by atoms with Crippen LogP contribution in [0.1, 0.15) is 20.3 Å². The van der Waals surface area contributed by atoms with Gasteiger partial charge in [0.15, 0.2) is 0 Å². The van der Waals surface area contributed by atoms with Crippen molar-refractivity contribution in [2.75, 3.05) is 12.4 Å². The molecule has 3 aromatic rings. The van der Waals surface area contributed by atoms with E-state index in [9.17, 15) is 13.2 Å². The van der Waals surface area contributed by atoms with Crippen molar-refractivity contribution in [1.29, 1.82) is 0 Å².